The number of nitrogens with one attached hydrogen (secondary N) is 3. The molecule has 1 saturated heterocycles. The van der Waals surface area contributed by atoms with Crippen LogP contribution < -0.4 is 20.3 Å². The fourth-order valence-electron chi connectivity index (χ4n) is 3.48. The van der Waals surface area contributed by atoms with Crippen LogP contribution in [0.15, 0.2) is 24.3 Å². The molecule has 8 heteroatoms. The van der Waals surface area contributed by atoms with E-state index in [1.165, 1.54) is 0 Å². The third-order valence-corrected chi connectivity index (χ3v) is 5.28. The molecule has 2 aromatic heterocycles. The molecule has 3 N–H and O–H groups in total. The van der Waals surface area contributed by atoms with E-state index in [9.17, 15) is 0 Å². The van der Waals surface area contributed by atoms with Gasteiger partial charge in [-0.2, -0.15) is 10.1 Å². The molecule has 0 unspecified atom stereocenters. The molecule has 1 fully saturated rings. The summed E-state index contributed by atoms with van der Waals surface area (Å²) >= 11 is 0. The second kappa shape index (κ2) is 7.51. The molecule has 0 spiro atoms. The first kappa shape index (κ1) is 19.4. The molecule has 3 aromatic rings. The quantitative estimate of drug-likeness (QED) is 0.625. The maximum Gasteiger partial charge on any atom is 0.228 e. The van der Waals surface area contributed by atoms with Gasteiger partial charge in [0.15, 0.2) is 5.82 Å². The van der Waals surface area contributed by atoms with Crippen molar-refractivity contribution < 1.29 is 4.74 Å². The molecule has 1 atom stereocenters. The Hall–Kier alpha value is -2.87. The molecule has 154 valence electrons. The molecule has 0 saturated carbocycles. The van der Waals surface area contributed by atoms with Crippen molar-refractivity contribution in [2.75, 3.05) is 37.0 Å². The summed E-state index contributed by atoms with van der Waals surface area (Å²) in [6, 6.07) is 8.21. The lowest BCUT2D eigenvalue weighted by Crippen LogP contribution is -2.50. The molecule has 0 amide bonds. The van der Waals surface area contributed by atoms with E-state index in [0.29, 0.717) is 12.0 Å². The van der Waals surface area contributed by atoms with Gasteiger partial charge in [0, 0.05) is 54.3 Å². The van der Waals surface area contributed by atoms with E-state index in [2.05, 4.69) is 53.4 Å². The average Bonchev–Trinajstić information content (AvgIpc) is 3.17. The van der Waals surface area contributed by atoms with Crippen LogP contribution >= 0.6 is 0 Å². The van der Waals surface area contributed by atoms with Crippen molar-refractivity contribution in [3.05, 3.63) is 30.0 Å². The summed E-state index contributed by atoms with van der Waals surface area (Å²) in [6.45, 7) is 11.3. The molecule has 1 aliphatic rings. The number of piperazine rings is 1. The van der Waals surface area contributed by atoms with E-state index in [0.717, 1.165) is 53.6 Å². The number of methoxy groups -OCH3 is 1. The maximum absolute atomic E-state index is 5.41. The zero-order chi connectivity index (χ0) is 20.6. The molecule has 3 heterocycles. The topological polar surface area (TPSA) is 91.0 Å². The predicted molar refractivity (Wildman–Crippen MR) is 116 cm³/mol. The Labute approximate surface area is 171 Å². The van der Waals surface area contributed by atoms with E-state index in [1.807, 2.05) is 24.3 Å². The molecule has 0 aliphatic carbocycles. The Balaban J connectivity index is 1.77. The number of anilines is 3. The fourth-order valence-corrected chi connectivity index (χ4v) is 3.48. The van der Waals surface area contributed by atoms with Crippen LogP contribution in [0.25, 0.3) is 10.9 Å². The number of fused-ring (bicyclic) bond motifs is 1. The largest absolute Gasteiger partial charge is 0.497 e. The van der Waals surface area contributed by atoms with Crippen LogP contribution in [-0.4, -0.2) is 53.0 Å². The van der Waals surface area contributed by atoms with E-state index in [4.69, 9.17) is 14.7 Å². The van der Waals surface area contributed by atoms with Crippen LogP contribution in [0.5, 0.6) is 5.75 Å². The van der Waals surface area contributed by atoms with Crippen molar-refractivity contribution in [2.45, 2.75) is 39.2 Å². The highest BCUT2D eigenvalue weighted by Crippen LogP contribution is 2.30. The Morgan fingerprint density at radius 3 is 2.72 bits per heavy atom. The van der Waals surface area contributed by atoms with Gasteiger partial charge in [-0.3, -0.25) is 5.10 Å². The summed E-state index contributed by atoms with van der Waals surface area (Å²) in [6.07, 6.45) is 0. The van der Waals surface area contributed by atoms with Crippen LogP contribution in [-0.2, 0) is 5.41 Å². The lowest BCUT2D eigenvalue weighted by atomic mass is 9.92. The summed E-state index contributed by atoms with van der Waals surface area (Å²) in [5.41, 5.74) is 1.90. The van der Waals surface area contributed by atoms with Gasteiger partial charge in [-0.05, 0) is 19.1 Å². The second-order valence-electron chi connectivity index (χ2n) is 8.54. The van der Waals surface area contributed by atoms with Gasteiger partial charge in [0.2, 0.25) is 5.95 Å². The van der Waals surface area contributed by atoms with Gasteiger partial charge in [-0.15, -0.1) is 0 Å². The van der Waals surface area contributed by atoms with Crippen molar-refractivity contribution in [1.29, 1.82) is 0 Å². The zero-order valence-corrected chi connectivity index (χ0v) is 17.7. The number of rotatable bonds is 4. The van der Waals surface area contributed by atoms with Crippen molar-refractivity contribution in [3.8, 4) is 5.75 Å². The highest BCUT2D eigenvalue weighted by atomic mass is 16.5. The number of ether oxygens (including phenoxy) is 1. The first-order valence-electron chi connectivity index (χ1n) is 10.0. The summed E-state index contributed by atoms with van der Waals surface area (Å²) < 4.78 is 5.41. The highest BCUT2D eigenvalue weighted by Gasteiger charge is 2.23. The Bertz CT molecular complexity index is 1010. The Morgan fingerprint density at radius 1 is 1.21 bits per heavy atom. The Kier molecular flexibility index (Phi) is 5.04. The van der Waals surface area contributed by atoms with Crippen LogP contribution in [0.4, 0.5) is 17.6 Å². The summed E-state index contributed by atoms with van der Waals surface area (Å²) in [5.74, 6) is 2.97. The highest BCUT2D eigenvalue weighted by molar-refractivity contribution is 5.92. The minimum Gasteiger partial charge on any atom is -0.497 e. The van der Waals surface area contributed by atoms with Gasteiger partial charge in [0.25, 0.3) is 0 Å². The van der Waals surface area contributed by atoms with E-state index in [1.54, 1.807) is 7.11 Å². The molecular weight excluding hydrogens is 366 g/mol. The number of nitrogens with zero attached hydrogens (tertiary/aromatic N) is 4. The molecule has 4 rings (SSSR count). The van der Waals surface area contributed by atoms with Gasteiger partial charge in [-0.25, -0.2) is 4.98 Å². The summed E-state index contributed by atoms with van der Waals surface area (Å²) in [7, 11) is 1.67. The monoisotopic (exact) mass is 395 g/mol. The van der Waals surface area contributed by atoms with Crippen LogP contribution in [0.1, 0.15) is 33.4 Å². The molecule has 1 aliphatic heterocycles. The molecule has 1 aromatic carbocycles. The fraction of sp³-hybridized carbons (Fsp3) is 0.476. The van der Waals surface area contributed by atoms with Crippen molar-refractivity contribution in [1.82, 2.24) is 25.5 Å². The van der Waals surface area contributed by atoms with Gasteiger partial charge in [0.05, 0.1) is 12.6 Å². The zero-order valence-electron chi connectivity index (χ0n) is 17.7. The third-order valence-electron chi connectivity index (χ3n) is 5.28. The SMILES string of the molecule is COc1ccc2c(Nc3cc(C(C)(C)C)[nH]n3)nc(N3CCNC[C@H]3C)nc2c1. The first-order chi connectivity index (χ1) is 13.8. The minimum absolute atomic E-state index is 0.00453. The number of benzene rings is 1. The van der Waals surface area contributed by atoms with Gasteiger partial charge < -0.3 is 20.3 Å². The average molecular weight is 396 g/mol. The number of H-pyrrole nitrogens is 1. The summed E-state index contributed by atoms with van der Waals surface area (Å²) in [5, 5.41) is 15.3. The molecule has 0 radical (unpaired) electrons. The van der Waals surface area contributed by atoms with Crippen LogP contribution in [0.2, 0.25) is 0 Å². The van der Waals surface area contributed by atoms with Crippen molar-refractivity contribution >= 4 is 28.5 Å². The van der Waals surface area contributed by atoms with Crippen LogP contribution in [0.3, 0.4) is 0 Å². The third kappa shape index (κ3) is 3.98. The Morgan fingerprint density at radius 2 is 2.03 bits per heavy atom. The normalized spacial score (nSPS) is 17.6. The molecule has 0 bridgehead atoms. The lowest BCUT2D eigenvalue weighted by molar-refractivity contribution is 0.415. The van der Waals surface area contributed by atoms with E-state index >= 15 is 0 Å². The first-order valence-corrected chi connectivity index (χ1v) is 10.0. The molecule has 8 nitrogen and oxygen atoms in total. The maximum atomic E-state index is 5.41. The lowest BCUT2D eigenvalue weighted by Gasteiger charge is -2.34. The second-order valence-corrected chi connectivity index (χ2v) is 8.54. The molecule has 29 heavy (non-hydrogen) atoms. The van der Waals surface area contributed by atoms with Gasteiger partial charge in [0.1, 0.15) is 11.6 Å². The number of hydrogen-bond donors (Lipinski definition) is 3. The number of aromatic amines is 1. The number of hydrogen-bond acceptors (Lipinski definition) is 7. The standard InChI is InChI=1S/C21H29N7O/c1-13-12-22-8-9-28(13)20-23-16-10-14(29-5)6-7-15(16)19(25-20)24-18-11-17(26-27-18)21(2,3)4/h6-7,10-11,13,22H,8-9,12H2,1-5H3,(H2,23,24,25,26,27)/t13-/m1/s1. The van der Waals surface area contributed by atoms with Gasteiger partial charge >= 0.3 is 0 Å². The van der Waals surface area contributed by atoms with E-state index in [-0.39, 0.29) is 5.41 Å². The van der Waals surface area contributed by atoms with Crippen molar-refractivity contribution in [2.24, 2.45) is 0 Å². The van der Waals surface area contributed by atoms with Gasteiger partial charge in [-0.1, -0.05) is 20.8 Å². The molecular formula is C21H29N7O. The smallest absolute Gasteiger partial charge is 0.228 e. The van der Waals surface area contributed by atoms with Crippen LogP contribution in [0, 0.1) is 0 Å². The van der Waals surface area contributed by atoms with Crippen molar-refractivity contribution in [3.63, 3.8) is 0 Å². The predicted octanol–water partition coefficient (Wildman–Crippen LogP) is 3.20. The number of aromatic nitrogens is 4. The summed E-state index contributed by atoms with van der Waals surface area (Å²) in [4.78, 5) is 12.0. The minimum atomic E-state index is -0.00453. The van der Waals surface area contributed by atoms with E-state index < -0.39 is 0 Å².